The van der Waals surface area contributed by atoms with Gasteiger partial charge >= 0.3 is 5.97 Å². The summed E-state index contributed by atoms with van der Waals surface area (Å²) in [6, 6.07) is 6.62. The first-order valence-corrected chi connectivity index (χ1v) is 6.89. The number of rotatable bonds is 5. The molecule has 7 nitrogen and oxygen atoms in total. The Morgan fingerprint density at radius 2 is 2.24 bits per heavy atom. The molecule has 3 heterocycles. The zero-order valence-corrected chi connectivity index (χ0v) is 11.4. The molecule has 0 aliphatic heterocycles. The van der Waals surface area contributed by atoms with Crippen molar-refractivity contribution in [3.05, 3.63) is 48.2 Å². The van der Waals surface area contributed by atoms with Crippen LogP contribution in [0.1, 0.15) is 16.2 Å². The van der Waals surface area contributed by atoms with Crippen LogP contribution < -0.4 is 0 Å². The third-order valence-electron chi connectivity index (χ3n) is 2.54. The molecule has 0 aliphatic rings. The van der Waals surface area contributed by atoms with Crippen LogP contribution in [-0.2, 0) is 5.75 Å². The van der Waals surface area contributed by atoms with Gasteiger partial charge in [-0.15, -0.1) is 0 Å². The van der Waals surface area contributed by atoms with Crippen LogP contribution in [0.4, 0.5) is 0 Å². The Morgan fingerprint density at radius 1 is 1.33 bits per heavy atom. The summed E-state index contributed by atoms with van der Waals surface area (Å²) in [6.45, 7) is 0. The molecule has 0 fully saturated rings. The third-order valence-corrected chi connectivity index (χ3v) is 3.47. The third kappa shape index (κ3) is 3.11. The van der Waals surface area contributed by atoms with Crippen molar-refractivity contribution in [1.29, 1.82) is 0 Å². The average molecular weight is 303 g/mol. The molecule has 0 aliphatic carbocycles. The summed E-state index contributed by atoms with van der Waals surface area (Å²) in [6.07, 6.45) is 2.85. The quantitative estimate of drug-likeness (QED) is 0.718. The van der Waals surface area contributed by atoms with Crippen molar-refractivity contribution in [2.75, 3.05) is 0 Å². The van der Waals surface area contributed by atoms with E-state index in [4.69, 9.17) is 14.0 Å². The van der Waals surface area contributed by atoms with Gasteiger partial charge in [-0.3, -0.25) is 0 Å². The second-order valence-corrected chi connectivity index (χ2v) is 4.96. The minimum Gasteiger partial charge on any atom is -0.478 e. The Balaban J connectivity index is 1.64. The number of aromatic nitrogens is 3. The van der Waals surface area contributed by atoms with E-state index in [1.54, 1.807) is 18.2 Å². The van der Waals surface area contributed by atoms with E-state index in [0.717, 1.165) is 0 Å². The van der Waals surface area contributed by atoms with Gasteiger partial charge in [-0.2, -0.15) is 4.98 Å². The Morgan fingerprint density at radius 3 is 2.90 bits per heavy atom. The van der Waals surface area contributed by atoms with Gasteiger partial charge in [0.15, 0.2) is 5.76 Å². The smallest absolute Gasteiger partial charge is 0.337 e. The van der Waals surface area contributed by atoms with Gasteiger partial charge in [0.25, 0.3) is 0 Å². The van der Waals surface area contributed by atoms with Crippen molar-refractivity contribution in [2.24, 2.45) is 0 Å². The monoisotopic (exact) mass is 303 g/mol. The standard InChI is InChI=1S/C13H9N3O4S/c17-13(18)8-3-4-11(14-6-8)21-7-10-15-12(16-20-10)9-2-1-5-19-9/h1-6H,7H2,(H,17,18). The Bertz CT molecular complexity index is 737. The summed E-state index contributed by atoms with van der Waals surface area (Å²) in [5, 5.41) is 13.3. The summed E-state index contributed by atoms with van der Waals surface area (Å²) >= 11 is 1.37. The van der Waals surface area contributed by atoms with Gasteiger partial charge in [0.05, 0.1) is 22.6 Å². The van der Waals surface area contributed by atoms with Crippen LogP contribution in [-0.4, -0.2) is 26.2 Å². The molecule has 0 aromatic carbocycles. The maximum atomic E-state index is 10.7. The second kappa shape index (κ2) is 5.80. The summed E-state index contributed by atoms with van der Waals surface area (Å²) in [5.74, 6) is 0.811. The number of pyridine rings is 1. The van der Waals surface area contributed by atoms with Crippen LogP contribution in [0, 0.1) is 0 Å². The molecule has 21 heavy (non-hydrogen) atoms. The highest BCUT2D eigenvalue weighted by Gasteiger charge is 2.11. The summed E-state index contributed by atoms with van der Waals surface area (Å²) in [7, 11) is 0. The highest BCUT2D eigenvalue weighted by atomic mass is 32.2. The number of aromatic carboxylic acids is 1. The lowest BCUT2D eigenvalue weighted by molar-refractivity contribution is 0.0696. The van der Waals surface area contributed by atoms with Gasteiger partial charge in [0.1, 0.15) is 0 Å². The number of nitrogens with zero attached hydrogens (tertiary/aromatic N) is 3. The predicted octanol–water partition coefficient (Wildman–Crippen LogP) is 2.72. The van der Waals surface area contributed by atoms with Gasteiger partial charge in [-0.1, -0.05) is 16.9 Å². The van der Waals surface area contributed by atoms with E-state index in [-0.39, 0.29) is 5.56 Å². The molecule has 0 bridgehead atoms. The fourth-order valence-corrected chi connectivity index (χ4v) is 2.23. The van der Waals surface area contributed by atoms with Crippen LogP contribution in [0.25, 0.3) is 11.6 Å². The van der Waals surface area contributed by atoms with E-state index in [1.807, 2.05) is 0 Å². The lowest BCUT2D eigenvalue weighted by atomic mass is 10.3. The van der Waals surface area contributed by atoms with Gasteiger partial charge in [0.2, 0.25) is 11.7 Å². The first-order valence-electron chi connectivity index (χ1n) is 5.91. The van der Waals surface area contributed by atoms with Gasteiger partial charge in [-0.25, -0.2) is 9.78 Å². The number of furan rings is 1. The Kier molecular flexibility index (Phi) is 3.69. The Labute approximate surface area is 123 Å². The topological polar surface area (TPSA) is 102 Å². The van der Waals surface area contributed by atoms with Crippen LogP contribution in [0.2, 0.25) is 0 Å². The Hall–Kier alpha value is -2.61. The van der Waals surface area contributed by atoms with Crippen molar-refractivity contribution in [2.45, 2.75) is 10.8 Å². The molecule has 0 amide bonds. The average Bonchev–Trinajstić information content (AvgIpc) is 3.16. The lowest BCUT2D eigenvalue weighted by Gasteiger charge is -1.98. The summed E-state index contributed by atoms with van der Waals surface area (Å²) in [4.78, 5) is 19.0. The van der Waals surface area contributed by atoms with Crippen molar-refractivity contribution in [1.82, 2.24) is 15.1 Å². The lowest BCUT2D eigenvalue weighted by Crippen LogP contribution is -1.96. The molecule has 0 saturated heterocycles. The number of carboxylic acid groups (broad SMARTS) is 1. The maximum absolute atomic E-state index is 10.7. The van der Waals surface area contributed by atoms with Crippen molar-refractivity contribution in [3.63, 3.8) is 0 Å². The molecule has 0 spiro atoms. The SMILES string of the molecule is O=C(O)c1ccc(SCc2nc(-c3ccco3)no2)nc1. The van der Waals surface area contributed by atoms with E-state index in [2.05, 4.69) is 15.1 Å². The molecule has 0 saturated carbocycles. The number of hydrogen-bond donors (Lipinski definition) is 1. The van der Waals surface area contributed by atoms with Gasteiger partial charge < -0.3 is 14.0 Å². The van der Waals surface area contributed by atoms with Crippen molar-refractivity contribution in [3.8, 4) is 11.6 Å². The van der Waals surface area contributed by atoms with E-state index in [1.165, 1.54) is 30.3 Å². The van der Waals surface area contributed by atoms with Crippen LogP contribution >= 0.6 is 11.8 Å². The minimum atomic E-state index is -1.00. The molecular formula is C13H9N3O4S. The van der Waals surface area contributed by atoms with E-state index < -0.39 is 5.97 Å². The summed E-state index contributed by atoms with van der Waals surface area (Å²) in [5.41, 5.74) is 0.150. The first kappa shape index (κ1) is 13.4. The summed E-state index contributed by atoms with van der Waals surface area (Å²) < 4.78 is 10.3. The normalized spacial score (nSPS) is 10.7. The van der Waals surface area contributed by atoms with E-state index >= 15 is 0 Å². The fourth-order valence-electron chi connectivity index (χ4n) is 1.55. The minimum absolute atomic E-state index is 0.150. The molecule has 0 atom stereocenters. The molecule has 3 aromatic rings. The number of hydrogen-bond acceptors (Lipinski definition) is 7. The number of carboxylic acids is 1. The molecule has 106 valence electrons. The predicted molar refractivity (Wildman–Crippen MR) is 72.8 cm³/mol. The highest BCUT2D eigenvalue weighted by Crippen LogP contribution is 2.22. The van der Waals surface area contributed by atoms with E-state index in [9.17, 15) is 4.79 Å². The largest absolute Gasteiger partial charge is 0.478 e. The zero-order valence-electron chi connectivity index (χ0n) is 10.6. The molecule has 0 radical (unpaired) electrons. The van der Waals surface area contributed by atoms with Crippen molar-refractivity contribution >= 4 is 17.7 Å². The molecule has 8 heteroatoms. The maximum Gasteiger partial charge on any atom is 0.337 e. The fraction of sp³-hybridized carbons (Fsp3) is 0.0769. The van der Waals surface area contributed by atoms with Crippen LogP contribution in [0.5, 0.6) is 0 Å². The number of thioether (sulfide) groups is 1. The van der Waals surface area contributed by atoms with Crippen LogP contribution in [0.3, 0.4) is 0 Å². The van der Waals surface area contributed by atoms with Gasteiger partial charge in [-0.05, 0) is 24.3 Å². The molecular weight excluding hydrogens is 294 g/mol. The van der Waals surface area contributed by atoms with Gasteiger partial charge in [0, 0.05) is 6.20 Å². The highest BCUT2D eigenvalue weighted by molar-refractivity contribution is 7.98. The molecule has 3 aromatic heterocycles. The molecule has 3 rings (SSSR count). The molecule has 0 unspecified atom stereocenters. The zero-order chi connectivity index (χ0) is 14.7. The number of carbonyl (C=O) groups is 1. The first-order chi connectivity index (χ1) is 10.2. The van der Waals surface area contributed by atoms with Crippen LogP contribution in [0.15, 0.2) is 50.7 Å². The second-order valence-electron chi connectivity index (χ2n) is 3.97. The molecule has 1 N–H and O–H groups in total. The van der Waals surface area contributed by atoms with E-state index in [0.29, 0.717) is 28.3 Å². The van der Waals surface area contributed by atoms with Crippen molar-refractivity contribution < 1.29 is 18.8 Å².